The molecule has 2 heteroatoms. The Morgan fingerprint density at radius 1 is 1.54 bits per heavy atom. The second-order valence-electron chi connectivity index (χ2n) is 4.35. The third-order valence-corrected chi connectivity index (χ3v) is 3.49. The molecule has 1 aliphatic heterocycles. The topological polar surface area (TPSA) is 15.3 Å². The predicted molar refractivity (Wildman–Crippen MR) is 58.0 cm³/mol. The molecule has 0 aliphatic carbocycles. The highest BCUT2D eigenvalue weighted by Gasteiger charge is 2.26. The third-order valence-electron chi connectivity index (χ3n) is 3.49. The molecule has 0 amide bonds. The van der Waals surface area contributed by atoms with Gasteiger partial charge in [-0.2, -0.15) is 0 Å². The van der Waals surface area contributed by atoms with Crippen molar-refractivity contribution in [2.75, 3.05) is 13.6 Å². The Bertz CT molecular complexity index is 147. The fraction of sp³-hybridized carbons (Fsp3) is 1.00. The highest BCUT2D eigenvalue weighted by molar-refractivity contribution is 4.84. The maximum atomic E-state index is 3.39. The van der Waals surface area contributed by atoms with E-state index in [4.69, 9.17) is 0 Å². The molecule has 0 radical (unpaired) electrons. The van der Waals surface area contributed by atoms with Gasteiger partial charge in [-0.25, -0.2) is 0 Å². The second-order valence-corrected chi connectivity index (χ2v) is 4.35. The van der Waals surface area contributed by atoms with Crippen molar-refractivity contribution in [3.05, 3.63) is 0 Å². The minimum atomic E-state index is 0.746. The highest BCUT2D eigenvalue weighted by Crippen LogP contribution is 2.20. The van der Waals surface area contributed by atoms with Crippen LogP contribution in [-0.2, 0) is 0 Å². The first-order chi connectivity index (χ1) is 6.19. The number of nitrogens with zero attached hydrogens (tertiary/aromatic N) is 1. The molecule has 0 saturated carbocycles. The molecule has 1 fully saturated rings. The number of hydrogen-bond donors (Lipinski definition) is 1. The summed E-state index contributed by atoms with van der Waals surface area (Å²) in [4.78, 5) is 2.65. The van der Waals surface area contributed by atoms with Crippen LogP contribution in [0.3, 0.4) is 0 Å². The van der Waals surface area contributed by atoms with E-state index >= 15 is 0 Å². The Morgan fingerprint density at radius 2 is 2.23 bits per heavy atom. The zero-order chi connectivity index (χ0) is 9.84. The molecule has 3 unspecified atom stereocenters. The minimum absolute atomic E-state index is 0.746. The summed E-state index contributed by atoms with van der Waals surface area (Å²) in [6.45, 7) is 8.25. The van der Waals surface area contributed by atoms with Crippen LogP contribution in [-0.4, -0.2) is 36.6 Å². The molecule has 13 heavy (non-hydrogen) atoms. The maximum Gasteiger partial charge on any atom is 0.00910 e. The predicted octanol–water partition coefficient (Wildman–Crippen LogP) is 1.86. The van der Waals surface area contributed by atoms with Crippen molar-refractivity contribution in [2.24, 2.45) is 0 Å². The van der Waals surface area contributed by atoms with Crippen LogP contribution in [0.5, 0.6) is 0 Å². The zero-order valence-corrected chi connectivity index (χ0v) is 9.51. The number of likely N-dealkylation sites (tertiary alicyclic amines) is 1. The number of hydrogen-bond acceptors (Lipinski definition) is 2. The highest BCUT2D eigenvalue weighted by atomic mass is 15.2. The lowest BCUT2D eigenvalue weighted by Gasteiger charge is -2.41. The summed E-state index contributed by atoms with van der Waals surface area (Å²) in [7, 11) is 2.08. The number of piperidine rings is 1. The SMILES string of the molecule is CCC(C)N1CCC(NC)CC1C. The van der Waals surface area contributed by atoms with Crippen molar-refractivity contribution in [3.63, 3.8) is 0 Å². The van der Waals surface area contributed by atoms with Gasteiger partial charge in [-0.05, 0) is 40.2 Å². The molecule has 3 atom stereocenters. The first-order valence-corrected chi connectivity index (χ1v) is 5.62. The van der Waals surface area contributed by atoms with Gasteiger partial charge in [-0.15, -0.1) is 0 Å². The zero-order valence-electron chi connectivity index (χ0n) is 9.51. The molecular weight excluding hydrogens is 160 g/mol. The van der Waals surface area contributed by atoms with Gasteiger partial charge in [0.1, 0.15) is 0 Å². The summed E-state index contributed by atoms with van der Waals surface area (Å²) in [6, 6.07) is 2.25. The molecule has 0 aromatic carbocycles. The van der Waals surface area contributed by atoms with Crippen molar-refractivity contribution in [1.29, 1.82) is 0 Å². The Morgan fingerprint density at radius 3 is 2.69 bits per heavy atom. The van der Waals surface area contributed by atoms with Gasteiger partial charge in [0, 0.05) is 24.7 Å². The van der Waals surface area contributed by atoms with Gasteiger partial charge in [0.2, 0.25) is 0 Å². The smallest absolute Gasteiger partial charge is 0.00910 e. The monoisotopic (exact) mass is 184 g/mol. The molecule has 1 aliphatic rings. The standard InChI is InChI=1S/C11H24N2/c1-5-9(2)13-7-6-11(12-4)8-10(13)3/h9-12H,5-8H2,1-4H3. The van der Waals surface area contributed by atoms with Gasteiger partial charge < -0.3 is 5.32 Å². The molecule has 0 spiro atoms. The van der Waals surface area contributed by atoms with Gasteiger partial charge in [0.05, 0.1) is 0 Å². The largest absolute Gasteiger partial charge is 0.317 e. The molecule has 1 heterocycles. The van der Waals surface area contributed by atoms with Gasteiger partial charge in [-0.1, -0.05) is 6.92 Å². The van der Waals surface area contributed by atoms with Crippen LogP contribution in [0.15, 0.2) is 0 Å². The van der Waals surface area contributed by atoms with Crippen molar-refractivity contribution in [1.82, 2.24) is 10.2 Å². The minimum Gasteiger partial charge on any atom is -0.317 e. The Hall–Kier alpha value is -0.0800. The van der Waals surface area contributed by atoms with Gasteiger partial charge in [-0.3, -0.25) is 4.90 Å². The van der Waals surface area contributed by atoms with Crippen molar-refractivity contribution >= 4 is 0 Å². The van der Waals surface area contributed by atoms with Crippen LogP contribution in [0.4, 0.5) is 0 Å². The number of nitrogens with one attached hydrogen (secondary N) is 1. The van der Waals surface area contributed by atoms with Crippen LogP contribution in [0.25, 0.3) is 0 Å². The van der Waals surface area contributed by atoms with E-state index in [0.717, 1.165) is 18.1 Å². The fourth-order valence-corrected chi connectivity index (χ4v) is 2.34. The van der Waals surface area contributed by atoms with Crippen molar-refractivity contribution in [2.45, 2.75) is 58.2 Å². The molecule has 1 N–H and O–H groups in total. The molecule has 1 rings (SSSR count). The van der Waals surface area contributed by atoms with Crippen molar-refractivity contribution < 1.29 is 0 Å². The quantitative estimate of drug-likeness (QED) is 0.720. The molecular formula is C11H24N2. The van der Waals surface area contributed by atoms with Gasteiger partial charge >= 0.3 is 0 Å². The van der Waals surface area contributed by atoms with E-state index < -0.39 is 0 Å². The van der Waals surface area contributed by atoms with Crippen LogP contribution in [0.2, 0.25) is 0 Å². The lowest BCUT2D eigenvalue weighted by Crippen LogP contribution is -2.49. The van der Waals surface area contributed by atoms with E-state index in [2.05, 4.69) is 38.0 Å². The van der Waals surface area contributed by atoms with E-state index in [1.807, 2.05) is 0 Å². The average Bonchev–Trinajstić information content (AvgIpc) is 2.16. The molecule has 0 bridgehead atoms. The lowest BCUT2D eigenvalue weighted by molar-refractivity contribution is 0.0955. The Balaban J connectivity index is 2.43. The van der Waals surface area contributed by atoms with Crippen molar-refractivity contribution in [3.8, 4) is 0 Å². The molecule has 78 valence electrons. The second kappa shape index (κ2) is 4.97. The normalized spacial score (nSPS) is 33.2. The maximum absolute atomic E-state index is 3.39. The van der Waals surface area contributed by atoms with Crippen LogP contribution >= 0.6 is 0 Å². The Kier molecular flexibility index (Phi) is 4.20. The van der Waals surface area contributed by atoms with Crippen LogP contribution < -0.4 is 5.32 Å². The molecule has 1 saturated heterocycles. The third kappa shape index (κ3) is 2.68. The summed E-state index contributed by atoms with van der Waals surface area (Å²) < 4.78 is 0. The first-order valence-electron chi connectivity index (χ1n) is 5.62. The summed E-state index contributed by atoms with van der Waals surface area (Å²) in [5.74, 6) is 0. The van der Waals surface area contributed by atoms with Crippen LogP contribution in [0.1, 0.15) is 40.0 Å². The molecule has 0 aromatic rings. The van der Waals surface area contributed by atoms with E-state index in [0.29, 0.717) is 0 Å². The molecule has 2 nitrogen and oxygen atoms in total. The summed E-state index contributed by atoms with van der Waals surface area (Å²) in [5, 5.41) is 3.39. The average molecular weight is 184 g/mol. The van der Waals surface area contributed by atoms with E-state index in [1.165, 1.54) is 25.8 Å². The summed E-state index contributed by atoms with van der Waals surface area (Å²) in [6.07, 6.45) is 3.89. The van der Waals surface area contributed by atoms with E-state index in [-0.39, 0.29) is 0 Å². The van der Waals surface area contributed by atoms with Gasteiger partial charge in [0.25, 0.3) is 0 Å². The summed E-state index contributed by atoms with van der Waals surface area (Å²) in [5.41, 5.74) is 0. The van der Waals surface area contributed by atoms with Gasteiger partial charge in [0.15, 0.2) is 0 Å². The fourth-order valence-electron chi connectivity index (χ4n) is 2.34. The number of rotatable bonds is 3. The molecule has 0 aromatic heterocycles. The first kappa shape index (κ1) is 11.0. The van der Waals surface area contributed by atoms with E-state index in [9.17, 15) is 0 Å². The summed E-state index contributed by atoms with van der Waals surface area (Å²) >= 11 is 0. The van der Waals surface area contributed by atoms with E-state index in [1.54, 1.807) is 0 Å². The Labute approximate surface area is 82.7 Å². The van der Waals surface area contributed by atoms with Crippen LogP contribution in [0, 0.1) is 0 Å². The lowest BCUT2D eigenvalue weighted by atomic mass is 9.96.